The third kappa shape index (κ3) is 5.17. The van der Waals surface area contributed by atoms with Gasteiger partial charge in [-0.3, -0.25) is 0 Å². The highest BCUT2D eigenvalue weighted by Crippen LogP contribution is 2.33. The number of amides is 2. The first kappa shape index (κ1) is 22.0. The van der Waals surface area contributed by atoms with E-state index < -0.39 is 24.0 Å². The first-order valence-electron chi connectivity index (χ1n) is 9.08. The van der Waals surface area contributed by atoms with Gasteiger partial charge in [0.2, 0.25) is 0 Å². The highest BCUT2D eigenvalue weighted by Gasteiger charge is 2.34. The van der Waals surface area contributed by atoms with E-state index in [0.717, 1.165) is 12.1 Å². The number of alkyl halides is 3. The summed E-state index contributed by atoms with van der Waals surface area (Å²) in [5.74, 6) is -1.20. The molecule has 6 nitrogen and oxygen atoms in total. The van der Waals surface area contributed by atoms with Gasteiger partial charge in [0.05, 0.1) is 24.4 Å². The van der Waals surface area contributed by atoms with Crippen molar-refractivity contribution in [2.24, 2.45) is 5.10 Å². The highest BCUT2D eigenvalue weighted by atomic mass is 35.5. The van der Waals surface area contributed by atoms with Crippen molar-refractivity contribution in [3.63, 3.8) is 0 Å². The van der Waals surface area contributed by atoms with E-state index in [4.69, 9.17) is 11.6 Å². The van der Waals surface area contributed by atoms with E-state index in [9.17, 15) is 22.4 Å². The minimum absolute atomic E-state index is 0.150. The summed E-state index contributed by atoms with van der Waals surface area (Å²) in [6.07, 6.45) is -3.31. The molecule has 0 spiro atoms. The molecule has 2 amide bonds. The lowest BCUT2D eigenvalue weighted by Gasteiger charge is -2.15. The monoisotopic (exact) mass is 484 g/mol. The first-order valence-corrected chi connectivity index (χ1v) is 10.3. The first-order chi connectivity index (χ1) is 15.2. The summed E-state index contributed by atoms with van der Waals surface area (Å²) in [4.78, 5) is 17.0. The number of nitrogens with zero attached hydrogens (tertiary/aromatic N) is 3. The lowest BCUT2D eigenvalue weighted by atomic mass is 9.98. The smallest absolute Gasteiger partial charge is 0.406 e. The number of aromatic nitrogens is 1. The number of hydrogen-bond acceptors (Lipinski definition) is 5. The zero-order valence-electron chi connectivity index (χ0n) is 15.9. The fourth-order valence-corrected chi connectivity index (χ4v) is 4.08. The maximum atomic E-state index is 13.4. The Morgan fingerprint density at radius 1 is 1.16 bits per heavy atom. The minimum atomic E-state index is -4.81. The summed E-state index contributed by atoms with van der Waals surface area (Å²) in [5, 5.41) is 8.78. The summed E-state index contributed by atoms with van der Waals surface area (Å²) in [7, 11) is 0. The molecular formula is C20H13ClF4N4O2S. The standard InChI is InChI=1S/C20H13ClF4N4O2S/c21-16-9-26-18(32-16)15-10-29(28-17(15)11-1-3-12(22)4-2-11)19(30)27-13-5-7-14(8-6-13)31-20(23,24)25/h1-9,15H,10H2,(H,27,30). The Morgan fingerprint density at radius 3 is 2.44 bits per heavy atom. The number of ether oxygens (including phenoxy) is 1. The van der Waals surface area contributed by atoms with Crippen LogP contribution in [-0.2, 0) is 0 Å². The molecular weight excluding hydrogens is 472 g/mol. The third-order valence-electron chi connectivity index (χ3n) is 4.42. The van der Waals surface area contributed by atoms with Crippen LogP contribution in [0.25, 0.3) is 0 Å². The van der Waals surface area contributed by atoms with Crippen LogP contribution in [0, 0.1) is 5.82 Å². The van der Waals surface area contributed by atoms with Gasteiger partial charge >= 0.3 is 12.4 Å². The topological polar surface area (TPSA) is 66.8 Å². The van der Waals surface area contributed by atoms with Crippen molar-refractivity contribution in [1.29, 1.82) is 0 Å². The molecule has 0 radical (unpaired) electrons. The van der Waals surface area contributed by atoms with Gasteiger partial charge < -0.3 is 10.1 Å². The number of nitrogens with one attached hydrogen (secondary N) is 1. The second-order valence-electron chi connectivity index (χ2n) is 6.63. The van der Waals surface area contributed by atoms with Crippen LogP contribution in [0.2, 0.25) is 4.34 Å². The molecule has 0 aliphatic carbocycles. The second kappa shape index (κ2) is 8.75. The molecule has 1 aliphatic heterocycles. The number of halogens is 5. The molecule has 1 aliphatic rings. The van der Waals surface area contributed by atoms with Crippen LogP contribution in [0.5, 0.6) is 5.75 Å². The van der Waals surface area contributed by atoms with Gasteiger partial charge in [-0.1, -0.05) is 23.7 Å². The number of hydrazone groups is 1. The number of carbonyl (C=O) groups excluding carboxylic acids is 1. The molecule has 166 valence electrons. The number of rotatable bonds is 4. The fourth-order valence-electron chi connectivity index (χ4n) is 3.06. The molecule has 0 saturated heterocycles. The Hall–Kier alpha value is -3.18. The molecule has 1 unspecified atom stereocenters. The van der Waals surface area contributed by atoms with Crippen molar-refractivity contribution in [2.75, 3.05) is 11.9 Å². The highest BCUT2D eigenvalue weighted by molar-refractivity contribution is 7.16. The quantitative estimate of drug-likeness (QED) is 0.471. The predicted octanol–water partition coefficient (Wildman–Crippen LogP) is 5.87. The average molecular weight is 485 g/mol. The lowest BCUT2D eigenvalue weighted by molar-refractivity contribution is -0.274. The van der Waals surface area contributed by atoms with Crippen LogP contribution < -0.4 is 10.1 Å². The van der Waals surface area contributed by atoms with Crippen molar-refractivity contribution in [2.45, 2.75) is 12.3 Å². The van der Waals surface area contributed by atoms with Gasteiger partial charge in [0, 0.05) is 5.69 Å². The summed E-state index contributed by atoms with van der Waals surface area (Å²) in [6.45, 7) is 0.150. The van der Waals surface area contributed by atoms with Gasteiger partial charge in [0.25, 0.3) is 0 Å². The van der Waals surface area contributed by atoms with Crippen LogP contribution in [0.1, 0.15) is 16.5 Å². The van der Waals surface area contributed by atoms with Crippen LogP contribution >= 0.6 is 22.9 Å². The molecule has 4 rings (SSSR count). The van der Waals surface area contributed by atoms with Gasteiger partial charge in [-0.05, 0) is 42.0 Å². The van der Waals surface area contributed by atoms with E-state index in [2.05, 4.69) is 20.1 Å². The van der Waals surface area contributed by atoms with E-state index in [1.165, 1.54) is 46.8 Å². The van der Waals surface area contributed by atoms with E-state index in [0.29, 0.717) is 20.6 Å². The summed E-state index contributed by atoms with van der Waals surface area (Å²) < 4.78 is 54.5. The zero-order valence-corrected chi connectivity index (χ0v) is 17.5. The zero-order chi connectivity index (χ0) is 22.9. The fraction of sp³-hybridized carbons (Fsp3) is 0.150. The van der Waals surface area contributed by atoms with Crippen molar-refractivity contribution < 1.29 is 27.1 Å². The Balaban J connectivity index is 1.53. The van der Waals surface area contributed by atoms with Gasteiger partial charge in [-0.2, -0.15) is 5.10 Å². The number of thiazole rings is 1. The Labute approximate surface area is 188 Å². The van der Waals surface area contributed by atoms with Gasteiger partial charge in [-0.15, -0.1) is 24.5 Å². The molecule has 12 heteroatoms. The molecule has 1 aromatic heterocycles. The molecule has 2 aromatic carbocycles. The van der Waals surface area contributed by atoms with E-state index >= 15 is 0 Å². The molecule has 1 N–H and O–H groups in total. The van der Waals surface area contributed by atoms with Gasteiger partial charge in [-0.25, -0.2) is 19.2 Å². The van der Waals surface area contributed by atoms with Crippen LogP contribution in [-0.4, -0.2) is 34.6 Å². The molecule has 0 bridgehead atoms. The molecule has 2 heterocycles. The molecule has 3 aromatic rings. The largest absolute Gasteiger partial charge is 0.573 e. The average Bonchev–Trinajstić information content (AvgIpc) is 3.35. The van der Waals surface area contributed by atoms with Gasteiger partial charge in [0.15, 0.2) is 0 Å². The maximum absolute atomic E-state index is 13.4. The second-order valence-corrected chi connectivity index (χ2v) is 8.33. The molecule has 0 fully saturated rings. The third-order valence-corrected chi connectivity index (χ3v) is 5.65. The SMILES string of the molecule is O=C(Nc1ccc(OC(F)(F)F)cc1)N1CC(c2ncc(Cl)s2)C(c2ccc(F)cc2)=N1. The Bertz CT molecular complexity index is 1150. The van der Waals surface area contributed by atoms with Crippen LogP contribution in [0.15, 0.2) is 59.8 Å². The Morgan fingerprint density at radius 2 is 1.84 bits per heavy atom. The number of hydrogen-bond donors (Lipinski definition) is 1. The molecule has 1 atom stereocenters. The minimum Gasteiger partial charge on any atom is -0.406 e. The van der Waals surface area contributed by atoms with Crippen molar-refractivity contribution in [1.82, 2.24) is 9.99 Å². The van der Waals surface area contributed by atoms with Crippen LogP contribution in [0.3, 0.4) is 0 Å². The summed E-state index contributed by atoms with van der Waals surface area (Å²) >= 11 is 7.25. The summed E-state index contributed by atoms with van der Waals surface area (Å²) in [5.41, 5.74) is 1.38. The maximum Gasteiger partial charge on any atom is 0.573 e. The normalized spacial score (nSPS) is 16.1. The van der Waals surface area contributed by atoms with Crippen molar-refractivity contribution in [3.05, 3.63) is 75.5 Å². The lowest BCUT2D eigenvalue weighted by Crippen LogP contribution is -2.30. The molecule has 32 heavy (non-hydrogen) atoms. The van der Waals surface area contributed by atoms with Crippen molar-refractivity contribution in [3.8, 4) is 5.75 Å². The molecule has 0 saturated carbocycles. The van der Waals surface area contributed by atoms with Crippen LogP contribution in [0.4, 0.5) is 28.0 Å². The van der Waals surface area contributed by atoms with Crippen molar-refractivity contribution >= 4 is 40.4 Å². The van der Waals surface area contributed by atoms with E-state index in [1.54, 1.807) is 12.1 Å². The number of benzene rings is 2. The summed E-state index contributed by atoms with van der Waals surface area (Å²) in [6, 6.07) is 9.80. The van der Waals surface area contributed by atoms with E-state index in [-0.39, 0.29) is 18.2 Å². The van der Waals surface area contributed by atoms with E-state index in [1.807, 2.05) is 0 Å². The predicted molar refractivity (Wildman–Crippen MR) is 112 cm³/mol. The number of anilines is 1. The Kier molecular flexibility index (Phi) is 6.02. The number of carbonyl (C=O) groups is 1. The number of urea groups is 1. The van der Waals surface area contributed by atoms with Gasteiger partial charge in [0.1, 0.15) is 20.9 Å².